The number of halogens is 2. The first-order chi connectivity index (χ1) is 23.4. The zero-order valence-electron chi connectivity index (χ0n) is 30.5. The van der Waals surface area contributed by atoms with Gasteiger partial charge in [-0.05, 0) is 95.8 Å². The second kappa shape index (κ2) is 13.8. The summed E-state index contributed by atoms with van der Waals surface area (Å²) in [5, 5.41) is 21.6. The zero-order chi connectivity index (χ0) is 36.8. The minimum atomic E-state index is -1.90. The van der Waals surface area contributed by atoms with Gasteiger partial charge in [-0.2, -0.15) is 10.1 Å². The van der Waals surface area contributed by atoms with Crippen molar-refractivity contribution in [2.24, 2.45) is 11.3 Å². The average molecular weight is 692 g/mol. The summed E-state index contributed by atoms with van der Waals surface area (Å²) in [6, 6.07) is 4.01. The molecular formula is C38H51F2N7O3. The Morgan fingerprint density at radius 1 is 1.24 bits per heavy atom. The van der Waals surface area contributed by atoms with Crippen molar-refractivity contribution in [1.29, 1.82) is 0 Å². The van der Waals surface area contributed by atoms with Crippen LogP contribution in [0.4, 0.5) is 14.5 Å². The molecule has 2 saturated heterocycles. The van der Waals surface area contributed by atoms with E-state index in [9.17, 15) is 18.7 Å². The van der Waals surface area contributed by atoms with Crippen LogP contribution in [0.1, 0.15) is 84.5 Å². The van der Waals surface area contributed by atoms with Gasteiger partial charge in [-0.1, -0.05) is 38.2 Å². The van der Waals surface area contributed by atoms with Gasteiger partial charge in [-0.15, -0.1) is 0 Å². The van der Waals surface area contributed by atoms with E-state index in [4.69, 9.17) is 4.52 Å². The molecule has 6 rings (SSSR count). The first kappa shape index (κ1) is 36.9. The molecule has 0 aromatic carbocycles. The van der Waals surface area contributed by atoms with E-state index in [1.165, 1.54) is 31.4 Å². The molecule has 1 aliphatic carbocycles. The maximum atomic E-state index is 13.9. The highest BCUT2D eigenvalue weighted by Crippen LogP contribution is 2.56. The summed E-state index contributed by atoms with van der Waals surface area (Å²) in [5.41, 5.74) is 3.36. The lowest BCUT2D eigenvalue weighted by Crippen LogP contribution is -2.70. The van der Waals surface area contributed by atoms with Gasteiger partial charge in [0.05, 0.1) is 23.2 Å². The number of aliphatic hydroxyl groups is 1. The zero-order valence-corrected chi connectivity index (χ0v) is 30.5. The highest BCUT2D eigenvalue weighted by atomic mass is 19.1. The number of anilines is 1. The number of nitrogens with zero attached hydrogens (tertiary/aromatic N) is 6. The molecule has 270 valence electrons. The average Bonchev–Trinajstić information content (AvgIpc) is 3.65. The standard InChI is InChI=1S/C22H31FN4O2.C16H20FN3O/c1-9-16(11-18(24-10-2)14(5)13(3)4)19-25-20(29-26-19)17-12-27(15(17)6)21(28)22(7,8)23;1-11-6-18-20-4-3-13(5-14(11)20)19-9-15(10-19)7-16(21,8-15)12(2)17/h9-11,13,15,17,24H,1-2,12H2,3-8H3;3-6,12,21H,7-10H2,1-2H3/b16-11+,18-14+;/t15?,17-;/m0./s1. The number of fused-ring (bicyclic) bond motifs is 1. The monoisotopic (exact) mass is 691 g/mol. The topological polar surface area (TPSA) is 112 Å². The van der Waals surface area contributed by atoms with Crippen LogP contribution in [0, 0.1) is 18.3 Å². The molecule has 3 atom stereocenters. The van der Waals surface area contributed by atoms with E-state index in [0.717, 1.165) is 35.4 Å². The normalized spacial score (nSPS) is 22.1. The number of pyridine rings is 1. The van der Waals surface area contributed by atoms with Crippen molar-refractivity contribution in [3.8, 4) is 0 Å². The fourth-order valence-corrected chi connectivity index (χ4v) is 7.05. The van der Waals surface area contributed by atoms with Crippen molar-refractivity contribution < 1.29 is 23.2 Å². The maximum absolute atomic E-state index is 13.9. The SMILES string of the molecule is C=CNC(/C=C(\C=C)c1noc([C@H]2CN(C(=O)C(C)(C)F)C2C)n1)=C(\C)C(C)C.Cc1cnn2ccc(N3CC4(C3)CC(O)(C(C)F)C4)cc12. The van der Waals surface area contributed by atoms with Crippen LogP contribution in [-0.2, 0) is 4.79 Å². The Bertz CT molecular complexity index is 1800. The number of allylic oxidation sites excluding steroid dienone is 4. The van der Waals surface area contributed by atoms with Crippen LogP contribution in [0.3, 0.4) is 0 Å². The Labute approximate surface area is 293 Å². The summed E-state index contributed by atoms with van der Waals surface area (Å²) in [5.74, 6) is 0.551. The summed E-state index contributed by atoms with van der Waals surface area (Å²) >= 11 is 0. The Morgan fingerprint density at radius 3 is 2.48 bits per heavy atom. The third-order valence-corrected chi connectivity index (χ3v) is 10.5. The van der Waals surface area contributed by atoms with Crippen molar-refractivity contribution in [2.45, 2.75) is 97.6 Å². The molecule has 0 radical (unpaired) electrons. The van der Waals surface area contributed by atoms with Crippen molar-refractivity contribution >= 4 is 22.7 Å². The van der Waals surface area contributed by atoms with Crippen LogP contribution < -0.4 is 10.2 Å². The molecule has 3 aliphatic rings. The number of aryl methyl sites for hydroxylation is 1. The van der Waals surface area contributed by atoms with Crippen molar-refractivity contribution in [2.75, 3.05) is 24.5 Å². The molecule has 1 saturated carbocycles. The molecule has 5 heterocycles. The molecule has 50 heavy (non-hydrogen) atoms. The van der Waals surface area contributed by atoms with Gasteiger partial charge in [0.15, 0.2) is 5.67 Å². The van der Waals surface area contributed by atoms with E-state index in [0.29, 0.717) is 42.6 Å². The molecule has 2 N–H and O–H groups in total. The first-order valence-electron chi connectivity index (χ1n) is 17.2. The highest BCUT2D eigenvalue weighted by molar-refractivity contribution is 5.85. The van der Waals surface area contributed by atoms with Crippen LogP contribution in [0.15, 0.2) is 71.8 Å². The van der Waals surface area contributed by atoms with E-state index in [1.54, 1.807) is 12.3 Å². The number of rotatable bonds is 10. The molecule has 3 fully saturated rings. The highest BCUT2D eigenvalue weighted by Gasteiger charge is 2.61. The molecule has 2 unspecified atom stereocenters. The van der Waals surface area contributed by atoms with Gasteiger partial charge >= 0.3 is 0 Å². The molecule has 0 bridgehead atoms. The number of carbonyl (C=O) groups excluding carboxylic acids is 1. The Morgan fingerprint density at radius 2 is 1.92 bits per heavy atom. The minimum Gasteiger partial charge on any atom is -0.387 e. The van der Waals surface area contributed by atoms with E-state index < -0.39 is 23.3 Å². The fraction of sp³-hybridized carbons (Fsp3) is 0.526. The number of likely N-dealkylation sites (tertiary alicyclic amines) is 1. The molecule has 3 aromatic rings. The predicted octanol–water partition coefficient (Wildman–Crippen LogP) is 6.70. The smallest absolute Gasteiger partial charge is 0.259 e. The molecule has 1 amide bonds. The third-order valence-electron chi connectivity index (χ3n) is 10.5. The largest absolute Gasteiger partial charge is 0.387 e. The maximum Gasteiger partial charge on any atom is 0.259 e. The van der Waals surface area contributed by atoms with Crippen LogP contribution in [0.5, 0.6) is 0 Å². The van der Waals surface area contributed by atoms with Crippen LogP contribution in [0.25, 0.3) is 11.1 Å². The van der Waals surface area contributed by atoms with Crippen molar-refractivity contribution in [3.63, 3.8) is 0 Å². The summed E-state index contributed by atoms with van der Waals surface area (Å²) in [4.78, 5) is 20.4. The van der Waals surface area contributed by atoms with Crippen LogP contribution in [-0.4, -0.2) is 78.8 Å². The third kappa shape index (κ3) is 7.12. The number of hydrogen-bond donors (Lipinski definition) is 2. The molecular weight excluding hydrogens is 640 g/mol. The van der Waals surface area contributed by atoms with E-state index in [-0.39, 0.29) is 17.4 Å². The molecule has 1 spiro atoms. The molecule has 2 aliphatic heterocycles. The lowest BCUT2D eigenvalue weighted by molar-refractivity contribution is -0.173. The Kier molecular flexibility index (Phi) is 10.2. The van der Waals surface area contributed by atoms with Crippen LogP contribution in [0.2, 0.25) is 0 Å². The second-order valence-corrected chi connectivity index (χ2v) is 15.1. The second-order valence-electron chi connectivity index (χ2n) is 15.1. The van der Waals surface area contributed by atoms with Crippen molar-refractivity contribution in [3.05, 3.63) is 84.6 Å². The van der Waals surface area contributed by atoms with Gasteiger partial charge in [0.1, 0.15) is 6.17 Å². The van der Waals surface area contributed by atoms with Gasteiger partial charge in [0.2, 0.25) is 11.7 Å². The summed E-state index contributed by atoms with van der Waals surface area (Å²) in [6.45, 7) is 23.9. The number of amides is 1. The van der Waals surface area contributed by atoms with Gasteiger partial charge < -0.3 is 24.7 Å². The number of aromatic nitrogens is 4. The summed E-state index contributed by atoms with van der Waals surface area (Å²) in [7, 11) is 0. The molecule has 12 heteroatoms. The van der Waals surface area contributed by atoms with Crippen molar-refractivity contribution in [1.82, 2.24) is 30.0 Å². The van der Waals surface area contributed by atoms with E-state index in [2.05, 4.69) is 71.5 Å². The minimum absolute atomic E-state index is 0.118. The molecule has 3 aromatic heterocycles. The predicted molar refractivity (Wildman–Crippen MR) is 192 cm³/mol. The number of hydrogen-bond acceptors (Lipinski definition) is 8. The van der Waals surface area contributed by atoms with E-state index in [1.807, 2.05) is 36.8 Å². The quantitative estimate of drug-likeness (QED) is 0.226. The van der Waals surface area contributed by atoms with Gasteiger partial charge in [-0.3, -0.25) is 4.79 Å². The van der Waals surface area contributed by atoms with E-state index >= 15 is 0 Å². The van der Waals surface area contributed by atoms with Gasteiger partial charge in [0, 0.05) is 54.2 Å². The Balaban J connectivity index is 0.000000203. The first-order valence-corrected chi connectivity index (χ1v) is 17.2. The van der Waals surface area contributed by atoms with Gasteiger partial charge in [0.25, 0.3) is 5.91 Å². The lowest BCUT2D eigenvalue weighted by atomic mass is 9.54. The number of carbonyl (C=O) groups is 1. The number of nitrogens with one attached hydrogen (secondary N) is 1. The van der Waals surface area contributed by atoms with Gasteiger partial charge in [-0.25, -0.2) is 13.3 Å². The van der Waals surface area contributed by atoms with Crippen LogP contribution >= 0.6 is 0 Å². The lowest BCUT2D eigenvalue weighted by Gasteiger charge is -2.63. The summed E-state index contributed by atoms with van der Waals surface area (Å²) < 4.78 is 34.6. The fourth-order valence-electron chi connectivity index (χ4n) is 7.05. The molecule has 10 nitrogen and oxygen atoms in total. The Hall–Kier alpha value is -4.32. The number of alkyl halides is 2. The summed E-state index contributed by atoms with van der Waals surface area (Å²) in [6.07, 6.45) is 9.07.